The molecule has 4 heteroatoms. The highest BCUT2D eigenvalue weighted by Gasteiger charge is 2.37. The van der Waals surface area contributed by atoms with Crippen molar-refractivity contribution < 1.29 is 9.90 Å². The highest BCUT2D eigenvalue weighted by molar-refractivity contribution is 6.08. The maximum Gasteiger partial charge on any atom is 0.227 e. The lowest BCUT2D eigenvalue weighted by atomic mass is 9.62. The predicted octanol–water partition coefficient (Wildman–Crippen LogP) is 12.2. The van der Waals surface area contributed by atoms with Crippen LogP contribution in [0.1, 0.15) is 131 Å². The van der Waals surface area contributed by atoms with Crippen LogP contribution in [0.15, 0.2) is 71.1 Å². The fourth-order valence-corrected chi connectivity index (χ4v) is 8.48. The van der Waals surface area contributed by atoms with E-state index in [1.54, 1.807) is 12.1 Å². The Morgan fingerprint density at radius 1 is 0.826 bits per heavy atom. The summed E-state index contributed by atoms with van der Waals surface area (Å²) in [6.45, 7) is 6.70. The highest BCUT2D eigenvalue weighted by atomic mass is 16.3. The summed E-state index contributed by atoms with van der Waals surface area (Å²) >= 11 is 0. The normalized spacial score (nSPS) is 19.6. The van der Waals surface area contributed by atoms with Crippen molar-refractivity contribution >= 4 is 33.1 Å². The quantitative estimate of drug-likeness (QED) is 0.194. The summed E-state index contributed by atoms with van der Waals surface area (Å²) in [5.74, 6) is 0.589. The van der Waals surface area contributed by atoms with E-state index in [4.69, 9.17) is 13.5 Å². The number of imidazole rings is 1. The molecule has 0 radical (unpaired) electrons. The number of fused-ring (bicyclic) bond motifs is 4. The molecule has 2 saturated carbocycles. The predicted molar refractivity (Wildman–Crippen MR) is 191 cm³/mol. The molecule has 2 aliphatic carbocycles. The lowest BCUT2D eigenvalue weighted by Crippen LogP contribution is -2.29. The summed E-state index contributed by atoms with van der Waals surface area (Å²) in [6.07, 6.45) is 10.9. The number of aromatic nitrogens is 3. The summed E-state index contributed by atoms with van der Waals surface area (Å²) in [6, 6.07) is 22.4. The Kier molecular flexibility index (Phi) is 6.25. The van der Waals surface area contributed by atoms with Gasteiger partial charge in [0, 0.05) is 21.9 Å². The van der Waals surface area contributed by atoms with Gasteiger partial charge in [-0.2, -0.15) is 0 Å². The van der Waals surface area contributed by atoms with Gasteiger partial charge in [0.2, 0.25) is 5.71 Å². The molecule has 236 valence electrons. The molecule has 0 unspecified atom stereocenters. The van der Waals surface area contributed by atoms with Gasteiger partial charge in [0.15, 0.2) is 0 Å². The van der Waals surface area contributed by atoms with Gasteiger partial charge in [0.1, 0.15) is 11.4 Å². The number of benzene rings is 3. The van der Waals surface area contributed by atoms with E-state index >= 15 is 0 Å². The number of pyridine rings is 1. The molecule has 4 nitrogen and oxygen atoms in total. The average Bonchev–Trinajstić information content (AvgIpc) is 3.67. The van der Waals surface area contributed by atoms with Crippen LogP contribution in [0.4, 0.5) is 0 Å². The van der Waals surface area contributed by atoms with Crippen LogP contribution in [0.5, 0.6) is 0 Å². The Bertz CT molecular complexity index is 2200. The molecule has 0 amide bonds. The van der Waals surface area contributed by atoms with E-state index in [2.05, 4.69) is 67.6 Å². The number of hydrogen-bond acceptors (Lipinski definition) is 3. The lowest BCUT2D eigenvalue weighted by molar-refractivity contribution is 0.114. The van der Waals surface area contributed by atoms with Crippen molar-refractivity contribution in [1.29, 1.82) is 0 Å². The van der Waals surface area contributed by atoms with E-state index in [0.29, 0.717) is 16.7 Å². The average molecular weight is 614 g/mol. The number of furan rings is 1. The van der Waals surface area contributed by atoms with Crippen molar-refractivity contribution in [3.8, 4) is 17.1 Å². The minimum absolute atomic E-state index is 0.0140. The van der Waals surface area contributed by atoms with Crippen molar-refractivity contribution in [2.45, 2.75) is 110 Å². The van der Waals surface area contributed by atoms with Crippen LogP contribution in [0.25, 0.3) is 50.2 Å². The van der Waals surface area contributed by atoms with Crippen LogP contribution in [0.2, 0.25) is 0 Å². The lowest BCUT2D eigenvalue weighted by Gasteiger charge is -2.43. The van der Waals surface area contributed by atoms with E-state index in [1.165, 1.54) is 43.2 Å². The molecule has 3 aromatic heterocycles. The monoisotopic (exact) mass is 613 g/mol. The van der Waals surface area contributed by atoms with Crippen LogP contribution >= 0.6 is 0 Å². The van der Waals surface area contributed by atoms with Gasteiger partial charge in [-0.3, -0.25) is 4.57 Å². The van der Waals surface area contributed by atoms with Gasteiger partial charge in [-0.15, -0.1) is 0 Å². The van der Waals surface area contributed by atoms with Gasteiger partial charge in [-0.05, 0) is 116 Å². The van der Waals surface area contributed by atoms with E-state index in [0.717, 1.165) is 70.1 Å². The van der Waals surface area contributed by atoms with E-state index in [-0.39, 0.29) is 17.5 Å². The zero-order valence-electron chi connectivity index (χ0n) is 31.6. The summed E-state index contributed by atoms with van der Waals surface area (Å²) < 4.78 is 42.3. The molecule has 6 aromatic rings. The zero-order chi connectivity index (χ0) is 35.0. The molecule has 0 N–H and O–H groups in total. The van der Waals surface area contributed by atoms with Gasteiger partial charge in [0.25, 0.3) is 0 Å². The molecule has 0 saturated heterocycles. The molecule has 1 spiro atoms. The number of nitrogens with zero attached hydrogens (tertiary/aromatic N) is 3. The molecule has 2 aliphatic rings. The van der Waals surface area contributed by atoms with E-state index < -0.39 is 12.7 Å². The van der Waals surface area contributed by atoms with Gasteiger partial charge in [-0.25, -0.2) is 9.97 Å². The fraction of sp³-hybridized carbons (Fsp3) is 0.429. The third kappa shape index (κ3) is 4.87. The van der Waals surface area contributed by atoms with Crippen LogP contribution in [-0.2, 0) is 0 Å². The smallest absolute Gasteiger partial charge is 0.227 e. The number of aryl methyl sites for hydroxylation is 1. The van der Waals surface area contributed by atoms with Gasteiger partial charge < -0.3 is 4.42 Å². The van der Waals surface area contributed by atoms with Gasteiger partial charge in [0.05, 0.1) is 22.3 Å². The van der Waals surface area contributed by atoms with Crippen LogP contribution in [-0.4, -0.2) is 14.5 Å². The Hall–Kier alpha value is -3.92. The summed E-state index contributed by atoms with van der Waals surface area (Å²) in [5, 5.41) is 1.64. The molecule has 8 rings (SSSR count). The summed E-state index contributed by atoms with van der Waals surface area (Å²) in [7, 11) is 0. The first kappa shape index (κ1) is 25.2. The molecule has 2 fully saturated rings. The first-order valence-electron chi connectivity index (χ1n) is 19.4. The van der Waals surface area contributed by atoms with Crippen LogP contribution in [0.3, 0.4) is 0 Å². The largest absolute Gasteiger partial charge is 0.437 e. The minimum Gasteiger partial charge on any atom is -0.437 e. The fourth-order valence-electron chi connectivity index (χ4n) is 8.48. The first-order valence-corrected chi connectivity index (χ1v) is 17.4. The molecule has 3 aromatic carbocycles. The van der Waals surface area contributed by atoms with Crippen molar-refractivity contribution in [3.05, 3.63) is 89.1 Å². The van der Waals surface area contributed by atoms with Crippen molar-refractivity contribution in [2.24, 2.45) is 5.41 Å². The Morgan fingerprint density at radius 3 is 2.28 bits per heavy atom. The number of hydrogen-bond donors (Lipinski definition) is 0. The van der Waals surface area contributed by atoms with Gasteiger partial charge >= 0.3 is 0 Å². The molecule has 0 atom stereocenters. The van der Waals surface area contributed by atoms with Crippen molar-refractivity contribution in [3.63, 3.8) is 0 Å². The number of rotatable bonds is 5. The molecule has 0 bridgehead atoms. The standard InChI is InChI=1S/C42H47N3O/c1-26(2)34-24-30(29-18-22-42(23-19-29)20-9-6-10-21-42)25-35(27(3)4)38(34)45-37-15-8-7-14-36(37)44-40(45)33-13-11-12-31-32-17-16-28(5)43-41(32)46-39(31)33/h7-8,11-17,24-27,29H,6,9-10,18-23H2,1-5H3/i5D3,29D. The maximum atomic E-state index is 9.92. The number of para-hydroxylation sites is 3. The second kappa shape index (κ2) is 11.4. The van der Waals surface area contributed by atoms with Crippen LogP contribution in [0, 0.1) is 12.3 Å². The maximum absolute atomic E-state index is 9.92. The molecule has 3 heterocycles. The van der Waals surface area contributed by atoms with E-state index in [1.807, 2.05) is 24.3 Å². The molecular weight excluding hydrogens is 562 g/mol. The third-order valence-electron chi connectivity index (χ3n) is 11.0. The van der Waals surface area contributed by atoms with Crippen LogP contribution < -0.4 is 0 Å². The Labute approximate surface area is 278 Å². The van der Waals surface area contributed by atoms with Gasteiger partial charge in [-0.1, -0.05) is 83.4 Å². The zero-order valence-corrected chi connectivity index (χ0v) is 27.6. The third-order valence-corrected chi connectivity index (χ3v) is 11.0. The van der Waals surface area contributed by atoms with E-state index in [9.17, 15) is 1.37 Å². The SMILES string of the molecule is [2H]C([2H])([2H])c1ccc2c(n1)oc1c(-c3nc4ccccc4n3-c3c(C(C)C)cc(C4([2H])CCC5(CCCCC5)CC4)cc3C(C)C)cccc12. The topological polar surface area (TPSA) is 43.9 Å². The second-order valence-electron chi connectivity index (χ2n) is 14.6. The van der Waals surface area contributed by atoms with Crippen molar-refractivity contribution in [2.75, 3.05) is 0 Å². The Morgan fingerprint density at radius 2 is 1.57 bits per heavy atom. The first-order chi connectivity index (χ1) is 23.9. The second-order valence-corrected chi connectivity index (χ2v) is 14.6. The van der Waals surface area contributed by atoms with Crippen molar-refractivity contribution in [1.82, 2.24) is 14.5 Å². The molecule has 0 aliphatic heterocycles. The highest BCUT2D eigenvalue weighted by Crippen LogP contribution is 2.52. The molecule has 46 heavy (non-hydrogen) atoms. The summed E-state index contributed by atoms with van der Waals surface area (Å²) in [5.41, 5.74) is 8.85. The molecular formula is C42H47N3O. The summed E-state index contributed by atoms with van der Waals surface area (Å²) in [4.78, 5) is 9.70. The Balaban J connectivity index is 1.33. The minimum atomic E-state index is -2.33.